The normalized spacial score (nSPS) is 21.6. The van der Waals surface area contributed by atoms with E-state index < -0.39 is 23.8 Å². The van der Waals surface area contributed by atoms with E-state index in [2.05, 4.69) is 21.0 Å². The van der Waals surface area contributed by atoms with Crippen molar-refractivity contribution in [2.75, 3.05) is 11.9 Å². The Morgan fingerprint density at radius 1 is 1.16 bits per heavy atom. The lowest BCUT2D eigenvalue weighted by molar-refractivity contribution is -0.122. The molecule has 1 aromatic carbocycles. The summed E-state index contributed by atoms with van der Waals surface area (Å²) in [6, 6.07) is 8.28. The minimum Gasteiger partial charge on any atom is -0.385 e. The molecule has 1 atom stereocenters. The van der Waals surface area contributed by atoms with Crippen LogP contribution < -0.4 is 11.1 Å². The first-order valence-electron chi connectivity index (χ1n) is 12.8. The lowest BCUT2D eigenvalue weighted by Crippen LogP contribution is -2.47. The standard InChI is InChI=1S/C27H28N6O4/c28-25(35)22(4-2-10-34)32-26(36)19-8-7-17(13-20(19)27(32)37)30-14-15-11-18(12-15)33-21-3-1-9-29-24(21)23(31-33)16-5-6-16/h1,3,7-10,13,15-16,18,22,30H,2,4-6,11-12,14H2,(H2,28,35)/t15-,18-,22?. The van der Waals surface area contributed by atoms with E-state index >= 15 is 0 Å². The van der Waals surface area contributed by atoms with E-state index in [4.69, 9.17) is 10.8 Å². The molecular weight excluding hydrogens is 472 g/mol. The fourth-order valence-corrected chi connectivity index (χ4v) is 5.51. The monoisotopic (exact) mass is 500 g/mol. The largest absolute Gasteiger partial charge is 0.385 e. The number of benzene rings is 1. The van der Waals surface area contributed by atoms with Crippen LogP contribution in [0.5, 0.6) is 0 Å². The van der Waals surface area contributed by atoms with Crippen molar-refractivity contribution < 1.29 is 19.2 Å². The fraction of sp³-hybridized carbons (Fsp3) is 0.407. The van der Waals surface area contributed by atoms with Gasteiger partial charge in [0.25, 0.3) is 11.8 Å². The van der Waals surface area contributed by atoms with Gasteiger partial charge in [-0.05, 0) is 68.4 Å². The molecule has 0 bridgehead atoms. The predicted octanol–water partition coefficient (Wildman–Crippen LogP) is 2.80. The summed E-state index contributed by atoms with van der Waals surface area (Å²) in [5.74, 6) is -0.929. The van der Waals surface area contributed by atoms with Gasteiger partial charge in [-0.2, -0.15) is 5.10 Å². The quantitative estimate of drug-likeness (QED) is 0.322. The third-order valence-corrected chi connectivity index (χ3v) is 7.72. The molecule has 10 heteroatoms. The van der Waals surface area contributed by atoms with Gasteiger partial charge in [0, 0.05) is 30.8 Å². The number of primary amides is 1. The van der Waals surface area contributed by atoms with Gasteiger partial charge >= 0.3 is 0 Å². The van der Waals surface area contributed by atoms with Gasteiger partial charge in [-0.15, -0.1) is 0 Å². The number of nitrogens with one attached hydrogen (secondary N) is 1. The maximum absolute atomic E-state index is 13.0. The van der Waals surface area contributed by atoms with Crippen molar-refractivity contribution in [2.45, 2.75) is 56.5 Å². The summed E-state index contributed by atoms with van der Waals surface area (Å²) in [6.45, 7) is 0.733. The number of hydrogen-bond donors (Lipinski definition) is 2. The molecule has 0 saturated heterocycles. The third kappa shape index (κ3) is 4.06. The number of carbonyl (C=O) groups excluding carboxylic acids is 4. The number of anilines is 1. The van der Waals surface area contributed by atoms with Crippen LogP contribution in [0.1, 0.15) is 76.9 Å². The molecular formula is C27H28N6O4. The maximum atomic E-state index is 13.0. The number of pyridine rings is 1. The zero-order valence-corrected chi connectivity index (χ0v) is 20.3. The molecule has 0 radical (unpaired) electrons. The van der Waals surface area contributed by atoms with Gasteiger partial charge in [0.15, 0.2) is 0 Å². The van der Waals surface area contributed by atoms with Gasteiger partial charge in [0.05, 0.1) is 28.4 Å². The molecule has 0 spiro atoms. The smallest absolute Gasteiger partial charge is 0.262 e. The van der Waals surface area contributed by atoms with Gasteiger partial charge in [-0.25, -0.2) is 0 Å². The third-order valence-electron chi connectivity index (χ3n) is 7.72. The average molecular weight is 501 g/mol. The fourth-order valence-electron chi connectivity index (χ4n) is 5.51. The Kier molecular flexibility index (Phi) is 5.73. The van der Waals surface area contributed by atoms with Crippen molar-refractivity contribution >= 4 is 40.7 Å². The van der Waals surface area contributed by atoms with Crippen LogP contribution in [-0.4, -0.2) is 56.3 Å². The van der Waals surface area contributed by atoms with E-state index in [1.165, 1.54) is 12.8 Å². The van der Waals surface area contributed by atoms with Crippen LogP contribution in [0.3, 0.4) is 0 Å². The number of aldehydes is 1. The second kappa shape index (κ2) is 9.10. The minimum atomic E-state index is -1.14. The molecule has 2 aliphatic carbocycles. The highest BCUT2D eigenvalue weighted by atomic mass is 16.2. The van der Waals surface area contributed by atoms with Crippen LogP contribution in [0, 0.1) is 5.92 Å². The van der Waals surface area contributed by atoms with E-state index in [9.17, 15) is 19.2 Å². The van der Waals surface area contributed by atoms with Gasteiger partial charge in [-0.1, -0.05) is 0 Å². The van der Waals surface area contributed by atoms with Crippen LogP contribution in [0.25, 0.3) is 11.0 Å². The Balaban J connectivity index is 1.10. The van der Waals surface area contributed by atoms with Crippen molar-refractivity contribution in [3.05, 3.63) is 53.3 Å². The summed E-state index contributed by atoms with van der Waals surface area (Å²) < 4.78 is 2.15. The average Bonchev–Trinajstić information content (AvgIpc) is 3.61. The van der Waals surface area contributed by atoms with Crippen LogP contribution in [0.4, 0.5) is 5.69 Å². The van der Waals surface area contributed by atoms with E-state index in [1.807, 2.05) is 12.3 Å². The lowest BCUT2D eigenvalue weighted by atomic mass is 9.80. The zero-order chi connectivity index (χ0) is 25.7. The molecule has 3 aromatic rings. The van der Waals surface area contributed by atoms with E-state index in [0.717, 1.165) is 46.7 Å². The molecule has 3 N–H and O–H groups in total. The van der Waals surface area contributed by atoms with E-state index in [-0.39, 0.29) is 24.0 Å². The van der Waals surface area contributed by atoms with E-state index in [1.54, 1.807) is 18.2 Å². The highest BCUT2D eigenvalue weighted by Gasteiger charge is 2.42. The predicted molar refractivity (Wildman–Crippen MR) is 135 cm³/mol. The number of rotatable bonds is 10. The number of hydrogen-bond acceptors (Lipinski definition) is 7. The minimum absolute atomic E-state index is 0.0159. The Hall–Kier alpha value is -4.08. The molecule has 3 amide bonds. The van der Waals surface area contributed by atoms with Crippen molar-refractivity contribution in [3.63, 3.8) is 0 Å². The molecule has 2 saturated carbocycles. The van der Waals surface area contributed by atoms with Gasteiger partial charge in [0.2, 0.25) is 5.91 Å². The van der Waals surface area contributed by atoms with Crippen LogP contribution >= 0.6 is 0 Å². The van der Waals surface area contributed by atoms with Crippen molar-refractivity contribution in [2.24, 2.45) is 11.7 Å². The molecule has 2 fully saturated rings. The maximum Gasteiger partial charge on any atom is 0.262 e. The first-order valence-corrected chi connectivity index (χ1v) is 12.8. The highest BCUT2D eigenvalue weighted by Crippen LogP contribution is 2.45. The number of nitrogens with zero attached hydrogens (tertiary/aromatic N) is 4. The van der Waals surface area contributed by atoms with Crippen molar-refractivity contribution in [1.29, 1.82) is 0 Å². The molecule has 37 heavy (non-hydrogen) atoms. The molecule has 6 rings (SSSR count). The van der Waals surface area contributed by atoms with Gasteiger partial charge < -0.3 is 15.8 Å². The van der Waals surface area contributed by atoms with Gasteiger partial charge in [-0.3, -0.25) is 28.9 Å². The highest BCUT2D eigenvalue weighted by molar-refractivity contribution is 6.23. The lowest BCUT2D eigenvalue weighted by Gasteiger charge is -2.36. The summed E-state index contributed by atoms with van der Waals surface area (Å²) in [6.07, 6.45) is 6.89. The molecule has 190 valence electrons. The summed E-state index contributed by atoms with van der Waals surface area (Å²) in [7, 11) is 0. The summed E-state index contributed by atoms with van der Waals surface area (Å²) in [4.78, 5) is 54.0. The Bertz CT molecular complexity index is 1420. The number of amides is 3. The molecule has 3 aliphatic rings. The Morgan fingerprint density at radius 3 is 2.68 bits per heavy atom. The number of aromatic nitrogens is 3. The van der Waals surface area contributed by atoms with Crippen LogP contribution in [-0.2, 0) is 9.59 Å². The Morgan fingerprint density at radius 2 is 1.95 bits per heavy atom. The number of imide groups is 1. The van der Waals surface area contributed by atoms with Crippen molar-refractivity contribution in [3.8, 4) is 0 Å². The Labute approximate surface area is 213 Å². The zero-order valence-electron chi connectivity index (χ0n) is 20.3. The van der Waals surface area contributed by atoms with Crippen molar-refractivity contribution in [1.82, 2.24) is 19.7 Å². The van der Waals surface area contributed by atoms with E-state index in [0.29, 0.717) is 24.2 Å². The SMILES string of the molecule is NC(=O)C(CCC=O)N1C(=O)c2ccc(NC[C@H]3C[C@H](n4nc(C5CC5)c5ncccc54)C3)cc2C1=O. The summed E-state index contributed by atoms with van der Waals surface area (Å²) in [5, 5.41) is 8.33. The topological polar surface area (TPSA) is 140 Å². The number of nitrogens with two attached hydrogens (primary N) is 1. The second-order valence-electron chi connectivity index (χ2n) is 10.3. The molecule has 3 heterocycles. The van der Waals surface area contributed by atoms with Crippen LogP contribution in [0.2, 0.25) is 0 Å². The second-order valence-corrected chi connectivity index (χ2v) is 10.3. The summed E-state index contributed by atoms with van der Waals surface area (Å²) in [5.41, 5.74) is 9.91. The summed E-state index contributed by atoms with van der Waals surface area (Å²) >= 11 is 0. The van der Waals surface area contributed by atoms with Gasteiger partial charge in [0.1, 0.15) is 17.8 Å². The molecule has 1 aliphatic heterocycles. The van der Waals surface area contributed by atoms with Crippen LogP contribution in [0.15, 0.2) is 36.5 Å². The molecule has 2 aromatic heterocycles. The molecule has 10 nitrogen and oxygen atoms in total. The number of carbonyl (C=O) groups is 4. The first kappa shape index (κ1) is 23.3. The first-order chi connectivity index (χ1) is 18.0. The molecule has 1 unspecified atom stereocenters. The number of fused-ring (bicyclic) bond motifs is 2.